The van der Waals surface area contributed by atoms with Gasteiger partial charge in [0, 0.05) is 11.9 Å². The number of pyridine rings is 1. The summed E-state index contributed by atoms with van der Waals surface area (Å²) in [4.78, 5) is 42.7. The van der Waals surface area contributed by atoms with Crippen molar-refractivity contribution in [3.8, 4) is 0 Å². The summed E-state index contributed by atoms with van der Waals surface area (Å²) in [5.41, 5.74) is -0.518. The van der Waals surface area contributed by atoms with Gasteiger partial charge in [-0.15, -0.1) is 0 Å². The van der Waals surface area contributed by atoms with Gasteiger partial charge in [-0.2, -0.15) is 5.06 Å². The van der Waals surface area contributed by atoms with Crippen molar-refractivity contribution in [2.45, 2.75) is 60.4 Å². The summed E-state index contributed by atoms with van der Waals surface area (Å²) in [6.07, 6.45) is 2.40. The van der Waals surface area contributed by atoms with Crippen LogP contribution in [-0.2, 0) is 14.4 Å². The maximum absolute atomic E-state index is 13.0. The second-order valence-corrected chi connectivity index (χ2v) is 8.92. The highest BCUT2D eigenvalue weighted by Gasteiger charge is 2.37. The van der Waals surface area contributed by atoms with Gasteiger partial charge < -0.3 is 10.6 Å². The van der Waals surface area contributed by atoms with Crippen LogP contribution in [0.5, 0.6) is 0 Å². The van der Waals surface area contributed by atoms with Crippen LogP contribution in [0.2, 0.25) is 0 Å². The molecule has 30 heavy (non-hydrogen) atoms. The van der Waals surface area contributed by atoms with Crippen LogP contribution < -0.4 is 10.6 Å². The number of hydroxylamine groups is 2. The van der Waals surface area contributed by atoms with Gasteiger partial charge in [-0.1, -0.05) is 47.3 Å². The monoisotopic (exact) mass is 418 g/mol. The van der Waals surface area contributed by atoms with Gasteiger partial charge in [0.1, 0.15) is 17.8 Å². The maximum atomic E-state index is 13.0. The normalized spacial score (nSPS) is 13.3. The SMILES string of the molecule is C=C(C)N(O)C(=O)[C@@H](CCC(C)C)C(=O)N[C@H](C(=O)Nc1ccccn1)C(C)(C)C. The Balaban J connectivity index is 3.07. The zero-order chi connectivity index (χ0) is 23.1. The molecule has 1 aromatic heterocycles. The molecular formula is C22H34N4O4. The first kappa shape index (κ1) is 25.3. The minimum absolute atomic E-state index is 0.114. The van der Waals surface area contributed by atoms with Gasteiger partial charge in [0.2, 0.25) is 11.8 Å². The summed E-state index contributed by atoms with van der Waals surface area (Å²) < 4.78 is 0. The Bertz CT molecular complexity index is 756. The number of amides is 3. The van der Waals surface area contributed by atoms with Gasteiger partial charge in [-0.3, -0.25) is 19.6 Å². The largest absolute Gasteiger partial charge is 0.343 e. The van der Waals surface area contributed by atoms with E-state index in [2.05, 4.69) is 22.2 Å². The van der Waals surface area contributed by atoms with Crippen molar-refractivity contribution >= 4 is 23.5 Å². The Kier molecular flexibility index (Phi) is 9.17. The Morgan fingerprint density at radius 1 is 1.17 bits per heavy atom. The maximum Gasteiger partial charge on any atom is 0.262 e. The van der Waals surface area contributed by atoms with E-state index in [0.29, 0.717) is 17.3 Å². The molecule has 1 rings (SSSR count). The van der Waals surface area contributed by atoms with Crippen LogP contribution in [0.4, 0.5) is 5.82 Å². The molecule has 0 aliphatic carbocycles. The lowest BCUT2D eigenvalue weighted by molar-refractivity contribution is -0.164. The summed E-state index contributed by atoms with van der Waals surface area (Å²) in [7, 11) is 0. The van der Waals surface area contributed by atoms with Crippen LogP contribution >= 0.6 is 0 Å². The van der Waals surface area contributed by atoms with Gasteiger partial charge in [-0.05, 0) is 43.2 Å². The predicted molar refractivity (Wildman–Crippen MR) is 115 cm³/mol. The van der Waals surface area contributed by atoms with Crippen molar-refractivity contribution in [2.24, 2.45) is 17.3 Å². The predicted octanol–water partition coefficient (Wildman–Crippen LogP) is 3.35. The minimum Gasteiger partial charge on any atom is -0.343 e. The summed E-state index contributed by atoms with van der Waals surface area (Å²) >= 11 is 0. The van der Waals surface area contributed by atoms with Crippen LogP contribution in [0.15, 0.2) is 36.7 Å². The average Bonchev–Trinajstić information content (AvgIpc) is 2.64. The number of nitrogens with one attached hydrogen (secondary N) is 2. The molecule has 0 fully saturated rings. The van der Waals surface area contributed by atoms with E-state index in [1.54, 1.807) is 24.4 Å². The van der Waals surface area contributed by atoms with Crippen LogP contribution in [0.3, 0.4) is 0 Å². The molecule has 166 valence electrons. The lowest BCUT2D eigenvalue weighted by Crippen LogP contribution is -2.54. The molecule has 0 aromatic carbocycles. The van der Waals surface area contributed by atoms with Gasteiger partial charge in [-0.25, -0.2) is 4.98 Å². The third-order valence-electron chi connectivity index (χ3n) is 4.55. The molecule has 0 bridgehead atoms. The molecule has 0 spiro atoms. The topological polar surface area (TPSA) is 112 Å². The fourth-order valence-electron chi connectivity index (χ4n) is 2.76. The molecule has 0 aliphatic rings. The molecule has 0 unspecified atom stereocenters. The summed E-state index contributed by atoms with van der Waals surface area (Å²) in [6, 6.07) is 4.19. The Hall–Kier alpha value is -2.74. The molecule has 3 N–H and O–H groups in total. The number of hydrogen-bond acceptors (Lipinski definition) is 5. The second kappa shape index (κ2) is 10.9. The molecular weight excluding hydrogens is 384 g/mol. The van der Waals surface area contributed by atoms with Crippen molar-refractivity contribution in [1.82, 2.24) is 15.4 Å². The number of anilines is 1. The Morgan fingerprint density at radius 2 is 1.80 bits per heavy atom. The van der Waals surface area contributed by atoms with E-state index in [0.717, 1.165) is 0 Å². The molecule has 8 nitrogen and oxygen atoms in total. The van der Waals surface area contributed by atoms with Crippen molar-refractivity contribution in [3.63, 3.8) is 0 Å². The Labute approximate surface area is 178 Å². The highest BCUT2D eigenvalue weighted by Crippen LogP contribution is 2.23. The average molecular weight is 419 g/mol. The third kappa shape index (κ3) is 7.59. The summed E-state index contributed by atoms with van der Waals surface area (Å²) in [6.45, 7) is 14.4. The zero-order valence-electron chi connectivity index (χ0n) is 18.7. The molecule has 1 aromatic rings. The highest BCUT2D eigenvalue weighted by molar-refractivity contribution is 6.03. The zero-order valence-corrected chi connectivity index (χ0v) is 18.7. The lowest BCUT2D eigenvalue weighted by Gasteiger charge is -2.32. The van der Waals surface area contributed by atoms with Gasteiger partial charge in [0.15, 0.2) is 0 Å². The van der Waals surface area contributed by atoms with Crippen LogP contribution in [0.25, 0.3) is 0 Å². The van der Waals surface area contributed by atoms with Crippen molar-refractivity contribution in [1.29, 1.82) is 0 Å². The number of nitrogens with zero attached hydrogens (tertiary/aromatic N) is 2. The molecule has 2 atom stereocenters. The standard InChI is InChI=1S/C22H34N4O4/c1-14(2)11-12-16(21(29)26(30)15(3)4)19(27)25-18(22(5,6)7)20(28)24-17-10-8-9-13-23-17/h8-10,13-14,16,18,30H,3,11-12H2,1-2,4-7H3,(H,25,27)(H,23,24,28)/t16-,18+/m0/s1. The van der Waals surface area contributed by atoms with E-state index in [1.807, 2.05) is 34.6 Å². The molecule has 0 aliphatic heterocycles. The van der Waals surface area contributed by atoms with Gasteiger partial charge in [0.25, 0.3) is 5.91 Å². The number of allylic oxidation sites excluding steroid dienone is 1. The number of carbonyl (C=O) groups is 3. The first-order valence-electron chi connectivity index (χ1n) is 10.0. The van der Waals surface area contributed by atoms with Crippen molar-refractivity contribution in [3.05, 3.63) is 36.7 Å². The molecule has 0 saturated carbocycles. The smallest absolute Gasteiger partial charge is 0.262 e. The first-order chi connectivity index (χ1) is 13.8. The lowest BCUT2D eigenvalue weighted by atomic mass is 9.85. The number of carbonyl (C=O) groups excluding carboxylic acids is 3. The first-order valence-corrected chi connectivity index (χ1v) is 10.0. The van der Waals surface area contributed by atoms with Crippen molar-refractivity contribution < 1.29 is 19.6 Å². The van der Waals surface area contributed by atoms with Crippen molar-refractivity contribution in [2.75, 3.05) is 5.32 Å². The van der Waals surface area contributed by atoms with Crippen LogP contribution in [0, 0.1) is 17.3 Å². The van der Waals surface area contributed by atoms with E-state index in [1.165, 1.54) is 6.92 Å². The number of rotatable bonds is 9. The number of hydrogen-bond donors (Lipinski definition) is 3. The van der Waals surface area contributed by atoms with Crippen LogP contribution in [0.1, 0.15) is 54.4 Å². The molecule has 8 heteroatoms. The van der Waals surface area contributed by atoms with Gasteiger partial charge >= 0.3 is 0 Å². The molecule has 1 heterocycles. The third-order valence-corrected chi connectivity index (χ3v) is 4.55. The number of aromatic nitrogens is 1. The van der Waals surface area contributed by atoms with E-state index in [9.17, 15) is 19.6 Å². The molecule has 3 amide bonds. The van der Waals surface area contributed by atoms with E-state index < -0.39 is 35.1 Å². The Morgan fingerprint density at radius 3 is 2.27 bits per heavy atom. The summed E-state index contributed by atoms with van der Waals surface area (Å²) in [5.74, 6) is -2.33. The van der Waals surface area contributed by atoms with Crippen LogP contribution in [-0.4, -0.2) is 39.0 Å². The van der Waals surface area contributed by atoms with Gasteiger partial charge in [0.05, 0.1) is 0 Å². The highest BCUT2D eigenvalue weighted by atomic mass is 16.5. The quantitative estimate of drug-likeness (QED) is 0.323. The molecule has 0 radical (unpaired) electrons. The molecule has 0 saturated heterocycles. The fraction of sp³-hybridized carbons (Fsp3) is 0.545. The van der Waals surface area contributed by atoms with E-state index in [4.69, 9.17) is 0 Å². The van der Waals surface area contributed by atoms with E-state index in [-0.39, 0.29) is 18.0 Å². The minimum atomic E-state index is -1.14. The van der Waals surface area contributed by atoms with E-state index >= 15 is 0 Å². The fourth-order valence-corrected chi connectivity index (χ4v) is 2.76. The summed E-state index contributed by atoms with van der Waals surface area (Å²) in [5, 5.41) is 15.8. The second-order valence-electron chi connectivity index (χ2n) is 8.92.